The van der Waals surface area contributed by atoms with Crippen LogP contribution >= 0.6 is 15.9 Å². The fraction of sp³-hybridized carbons (Fsp3) is 0.333. The van der Waals surface area contributed by atoms with Crippen molar-refractivity contribution >= 4 is 36.0 Å². The zero-order valence-electron chi connectivity index (χ0n) is 14.6. The van der Waals surface area contributed by atoms with Crippen molar-refractivity contribution in [1.29, 1.82) is 0 Å². The molecule has 0 aromatic heterocycles. The Morgan fingerprint density at radius 3 is 2.15 bits per heavy atom. The third-order valence-corrected chi connectivity index (χ3v) is 8.79. The van der Waals surface area contributed by atoms with Crippen LogP contribution in [0.4, 0.5) is 0 Å². The van der Waals surface area contributed by atoms with E-state index in [0.29, 0.717) is 23.1 Å². The quantitative estimate of drug-likeness (QED) is 0.699. The molecule has 1 aliphatic rings. The normalized spacial score (nSPS) is 16.3. The van der Waals surface area contributed by atoms with E-state index in [1.165, 1.54) is 22.5 Å². The summed E-state index contributed by atoms with van der Waals surface area (Å²) in [6.45, 7) is 1.18. The van der Waals surface area contributed by atoms with Gasteiger partial charge in [-0.3, -0.25) is 0 Å². The van der Waals surface area contributed by atoms with Crippen molar-refractivity contribution in [2.45, 2.75) is 35.6 Å². The second-order valence-corrected chi connectivity index (χ2v) is 10.9. The summed E-state index contributed by atoms with van der Waals surface area (Å²) in [4.78, 5) is 0.399. The van der Waals surface area contributed by atoms with Gasteiger partial charge in [0.1, 0.15) is 0 Å². The van der Waals surface area contributed by atoms with Gasteiger partial charge in [0.2, 0.25) is 20.0 Å². The number of sulfonamides is 2. The first-order valence-electron chi connectivity index (χ1n) is 8.64. The molecule has 0 radical (unpaired) electrons. The number of benzene rings is 2. The van der Waals surface area contributed by atoms with Crippen LogP contribution in [0, 0.1) is 0 Å². The molecule has 0 bridgehead atoms. The van der Waals surface area contributed by atoms with Crippen LogP contribution in [0.1, 0.15) is 24.8 Å². The van der Waals surface area contributed by atoms with Gasteiger partial charge in [0.25, 0.3) is 0 Å². The molecule has 6 nitrogen and oxygen atoms in total. The van der Waals surface area contributed by atoms with Crippen LogP contribution in [0.5, 0.6) is 0 Å². The van der Waals surface area contributed by atoms with Gasteiger partial charge in [-0.2, -0.15) is 4.31 Å². The number of hydrogen-bond acceptors (Lipinski definition) is 4. The number of nitrogens with zero attached hydrogens (tertiary/aromatic N) is 1. The molecule has 0 spiro atoms. The summed E-state index contributed by atoms with van der Waals surface area (Å²) in [5.41, 5.74) is 0.684. The van der Waals surface area contributed by atoms with E-state index in [1.54, 1.807) is 30.3 Å². The van der Waals surface area contributed by atoms with Gasteiger partial charge in [-0.25, -0.2) is 21.6 Å². The number of hydrogen-bond donors (Lipinski definition) is 1. The number of piperidine rings is 1. The highest BCUT2D eigenvalue weighted by Gasteiger charge is 2.25. The lowest BCUT2D eigenvalue weighted by molar-refractivity contribution is 0.346. The molecule has 146 valence electrons. The highest BCUT2D eigenvalue weighted by Crippen LogP contribution is 2.22. The first kappa shape index (κ1) is 20.5. The Kier molecular flexibility index (Phi) is 6.37. The SMILES string of the molecule is O=S(=O)(NCc1ccc(S(=O)(=O)N2CCCCC2)cc1)c1ccccc1Br. The zero-order valence-corrected chi connectivity index (χ0v) is 17.9. The summed E-state index contributed by atoms with van der Waals surface area (Å²) < 4.78 is 54.7. The van der Waals surface area contributed by atoms with Crippen LogP contribution in [0.2, 0.25) is 0 Å². The Balaban J connectivity index is 1.70. The molecule has 0 saturated carbocycles. The summed E-state index contributed by atoms with van der Waals surface area (Å²) in [6, 6.07) is 12.9. The molecule has 3 rings (SSSR count). The molecule has 1 heterocycles. The molecule has 1 fully saturated rings. The lowest BCUT2D eigenvalue weighted by atomic mass is 10.2. The van der Waals surface area contributed by atoms with Gasteiger partial charge in [-0.15, -0.1) is 0 Å². The van der Waals surface area contributed by atoms with Crippen molar-refractivity contribution in [3.63, 3.8) is 0 Å². The van der Waals surface area contributed by atoms with E-state index in [2.05, 4.69) is 20.7 Å². The maximum Gasteiger partial charge on any atom is 0.243 e. The van der Waals surface area contributed by atoms with Gasteiger partial charge in [0.05, 0.1) is 9.79 Å². The second kappa shape index (κ2) is 8.40. The van der Waals surface area contributed by atoms with Crippen molar-refractivity contribution in [1.82, 2.24) is 9.03 Å². The van der Waals surface area contributed by atoms with Crippen LogP contribution < -0.4 is 4.72 Å². The van der Waals surface area contributed by atoms with Gasteiger partial charge < -0.3 is 0 Å². The largest absolute Gasteiger partial charge is 0.243 e. The highest BCUT2D eigenvalue weighted by molar-refractivity contribution is 9.10. The Bertz CT molecular complexity index is 1000. The molecule has 0 unspecified atom stereocenters. The Morgan fingerprint density at radius 1 is 0.889 bits per heavy atom. The van der Waals surface area contributed by atoms with Crippen molar-refractivity contribution in [2.75, 3.05) is 13.1 Å². The number of rotatable bonds is 6. The average molecular weight is 473 g/mol. The fourth-order valence-electron chi connectivity index (χ4n) is 2.95. The molecule has 1 aliphatic heterocycles. The van der Waals surface area contributed by atoms with Crippen molar-refractivity contribution < 1.29 is 16.8 Å². The number of halogens is 1. The van der Waals surface area contributed by atoms with Crippen LogP contribution in [-0.2, 0) is 26.6 Å². The van der Waals surface area contributed by atoms with E-state index in [-0.39, 0.29) is 16.3 Å². The minimum absolute atomic E-state index is 0.0771. The zero-order chi connectivity index (χ0) is 19.5. The number of nitrogens with one attached hydrogen (secondary N) is 1. The van der Waals surface area contributed by atoms with E-state index >= 15 is 0 Å². The Hall–Kier alpha value is -1.26. The molecular weight excluding hydrogens is 452 g/mol. The predicted octanol–water partition coefficient (Wildman–Crippen LogP) is 3.10. The van der Waals surface area contributed by atoms with Crippen molar-refractivity contribution in [3.8, 4) is 0 Å². The van der Waals surface area contributed by atoms with Crippen molar-refractivity contribution in [3.05, 3.63) is 58.6 Å². The molecule has 9 heteroatoms. The third-order valence-electron chi connectivity index (χ3n) is 4.47. The lowest BCUT2D eigenvalue weighted by Gasteiger charge is -2.25. The van der Waals surface area contributed by atoms with Crippen LogP contribution in [0.3, 0.4) is 0 Å². The van der Waals surface area contributed by atoms with E-state index in [9.17, 15) is 16.8 Å². The van der Waals surface area contributed by atoms with Crippen molar-refractivity contribution in [2.24, 2.45) is 0 Å². The highest BCUT2D eigenvalue weighted by atomic mass is 79.9. The molecule has 1 N–H and O–H groups in total. The van der Waals surface area contributed by atoms with Gasteiger partial charge in [0, 0.05) is 24.1 Å². The predicted molar refractivity (Wildman–Crippen MR) is 107 cm³/mol. The monoisotopic (exact) mass is 472 g/mol. The molecule has 0 amide bonds. The molecule has 1 saturated heterocycles. The average Bonchev–Trinajstić information content (AvgIpc) is 2.68. The third kappa shape index (κ3) is 4.78. The summed E-state index contributed by atoms with van der Waals surface area (Å²) in [7, 11) is -7.15. The Morgan fingerprint density at radius 2 is 1.52 bits per heavy atom. The molecule has 0 aliphatic carbocycles. The molecule has 2 aromatic carbocycles. The van der Waals surface area contributed by atoms with Gasteiger partial charge >= 0.3 is 0 Å². The summed E-state index contributed by atoms with van der Waals surface area (Å²) in [5, 5.41) is 0. The molecule has 0 atom stereocenters. The lowest BCUT2D eigenvalue weighted by Crippen LogP contribution is -2.35. The first-order valence-corrected chi connectivity index (χ1v) is 12.4. The fourth-order valence-corrected chi connectivity index (χ4v) is 6.49. The van der Waals surface area contributed by atoms with E-state index in [0.717, 1.165) is 19.3 Å². The second-order valence-electron chi connectivity index (χ2n) is 6.36. The first-order chi connectivity index (χ1) is 12.8. The molecule has 27 heavy (non-hydrogen) atoms. The minimum Gasteiger partial charge on any atom is -0.207 e. The maximum absolute atomic E-state index is 12.6. The van der Waals surface area contributed by atoms with Gasteiger partial charge in [0.15, 0.2) is 0 Å². The smallest absolute Gasteiger partial charge is 0.207 e. The van der Waals surface area contributed by atoms with E-state index < -0.39 is 20.0 Å². The molecule has 2 aromatic rings. The topological polar surface area (TPSA) is 83.5 Å². The van der Waals surface area contributed by atoms with E-state index in [4.69, 9.17) is 0 Å². The van der Waals surface area contributed by atoms with Crippen LogP contribution in [0.25, 0.3) is 0 Å². The minimum atomic E-state index is -3.67. The molecular formula is C18H21BrN2O4S2. The van der Waals surface area contributed by atoms with Crippen LogP contribution in [-0.4, -0.2) is 34.2 Å². The standard InChI is InChI=1S/C18H21BrN2O4S2/c19-17-6-2-3-7-18(17)26(22,23)20-14-15-8-10-16(11-9-15)27(24,25)21-12-4-1-5-13-21/h2-3,6-11,20H,1,4-5,12-14H2. The van der Waals surface area contributed by atoms with Gasteiger partial charge in [-0.05, 0) is 58.6 Å². The maximum atomic E-state index is 12.6. The van der Waals surface area contributed by atoms with Crippen LogP contribution in [0.15, 0.2) is 62.8 Å². The summed E-state index contributed by atoms with van der Waals surface area (Å²) >= 11 is 3.24. The summed E-state index contributed by atoms with van der Waals surface area (Å²) in [6.07, 6.45) is 2.82. The van der Waals surface area contributed by atoms with E-state index in [1.807, 2.05) is 0 Å². The van der Waals surface area contributed by atoms with Gasteiger partial charge in [-0.1, -0.05) is 30.7 Å². The summed E-state index contributed by atoms with van der Waals surface area (Å²) in [5.74, 6) is 0. The Labute approximate surface area is 168 Å².